The molecule has 2 aromatic rings. The lowest BCUT2D eigenvalue weighted by atomic mass is 9.79. The summed E-state index contributed by atoms with van der Waals surface area (Å²) < 4.78 is 0. The smallest absolute Gasteiger partial charge is 0.115 e. The van der Waals surface area contributed by atoms with Crippen LogP contribution in [0.2, 0.25) is 0 Å². The summed E-state index contributed by atoms with van der Waals surface area (Å²) in [6.45, 7) is 2.36. The van der Waals surface area contributed by atoms with Crippen molar-refractivity contribution in [3.63, 3.8) is 0 Å². The molecular weight excluding hydrogens is 318 g/mol. The van der Waals surface area contributed by atoms with Gasteiger partial charge in [0.05, 0.1) is 0 Å². The van der Waals surface area contributed by atoms with Crippen LogP contribution in [0.1, 0.15) is 36.8 Å². The number of piperidine rings is 1. The second-order valence-corrected chi connectivity index (χ2v) is 6.88. The van der Waals surface area contributed by atoms with Crippen molar-refractivity contribution >= 4 is 12.4 Å². The van der Waals surface area contributed by atoms with Gasteiger partial charge < -0.3 is 10.0 Å². The van der Waals surface area contributed by atoms with Gasteiger partial charge in [-0.1, -0.05) is 60.7 Å². The van der Waals surface area contributed by atoms with Gasteiger partial charge in [0.15, 0.2) is 0 Å². The summed E-state index contributed by atoms with van der Waals surface area (Å²) in [6, 6.07) is 20.2. The van der Waals surface area contributed by atoms with E-state index in [1.807, 2.05) is 60.7 Å². The molecule has 0 aliphatic carbocycles. The van der Waals surface area contributed by atoms with Gasteiger partial charge in [-0.05, 0) is 62.9 Å². The zero-order valence-corrected chi connectivity index (χ0v) is 15.2. The van der Waals surface area contributed by atoms with Gasteiger partial charge in [-0.15, -0.1) is 12.4 Å². The standard InChI is InChI=1S/C21H27NO.ClH/c1-22-16-13-18(14-17-22)12-15-21(23,19-8-4-2-5-9-19)20-10-6-3-7-11-20;/h2-11,18,23H,12-17H2,1H3;1H. The molecule has 24 heavy (non-hydrogen) atoms. The Morgan fingerprint density at radius 2 is 1.38 bits per heavy atom. The Labute approximate surface area is 151 Å². The Hall–Kier alpha value is -1.35. The average molecular weight is 346 g/mol. The summed E-state index contributed by atoms with van der Waals surface area (Å²) in [5.74, 6) is 0.727. The fourth-order valence-corrected chi connectivity index (χ4v) is 3.65. The van der Waals surface area contributed by atoms with Crippen molar-refractivity contribution < 1.29 is 5.11 Å². The van der Waals surface area contributed by atoms with Crippen LogP contribution in [0.15, 0.2) is 60.7 Å². The second-order valence-electron chi connectivity index (χ2n) is 6.88. The minimum absolute atomic E-state index is 0. The molecule has 2 nitrogen and oxygen atoms in total. The summed E-state index contributed by atoms with van der Waals surface area (Å²) in [7, 11) is 2.19. The maximum atomic E-state index is 11.5. The first-order valence-corrected chi connectivity index (χ1v) is 8.70. The van der Waals surface area contributed by atoms with E-state index < -0.39 is 5.60 Å². The van der Waals surface area contributed by atoms with E-state index in [0.717, 1.165) is 29.9 Å². The maximum Gasteiger partial charge on any atom is 0.115 e. The molecule has 1 heterocycles. The third-order valence-corrected chi connectivity index (χ3v) is 5.26. The maximum absolute atomic E-state index is 11.5. The van der Waals surface area contributed by atoms with Crippen molar-refractivity contribution in [1.29, 1.82) is 0 Å². The van der Waals surface area contributed by atoms with Crippen LogP contribution in [0, 0.1) is 5.92 Å². The summed E-state index contributed by atoms with van der Waals surface area (Å²) in [4.78, 5) is 2.40. The highest BCUT2D eigenvalue weighted by atomic mass is 35.5. The fraction of sp³-hybridized carbons (Fsp3) is 0.429. The molecule has 0 amide bonds. The Kier molecular flexibility index (Phi) is 6.85. The van der Waals surface area contributed by atoms with E-state index in [1.54, 1.807) is 0 Å². The van der Waals surface area contributed by atoms with Crippen molar-refractivity contribution in [2.45, 2.75) is 31.3 Å². The molecule has 1 aliphatic rings. The molecule has 1 fully saturated rings. The Morgan fingerprint density at radius 1 is 0.917 bits per heavy atom. The molecular formula is C21H28ClNO. The van der Waals surface area contributed by atoms with Crippen LogP contribution >= 0.6 is 12.4 Å². The predicted molar refractivity (Wildman–Crippen MR) is 103 cm³/mol. The van der Waals surface area contributed by atoms with Gasteiger partial charge in [0, 0.05) is 0 Å². The van der Waals surface area contributed by atoms with Crippen molar-refractivity contribution in [3.8, 4) is 0 Å². The molecule has 0 radical (unpaired) electrons. The van der Waals surface area contributed by atoms with Gasteiger partial charge in [0.2, 0.25) is 0 Å². The average Bonchev–Trinajstić information content (AvgIpc) is 2.62. The molecule has 2 aromatic carbocycles. The Bertz CT molecular complexity index is 554. The van der Waals surface area contributed by atoms with E-state index >= 15 is 0 Å². The zero-order valence-electron chi connectivity index (χ0n) is 14.4. The van der Waals surface area contributed by atoms with Crippen LogP contribution in [0.4, 0.5) is 0 Å². The van der Waals surface area contributed by atoms with E-state index in [2.05, 4.69) is 11.9 Å². The monoisotopic (exact) mass is 345 g/mol. The summed E-state index contributed by atoms with van der Waals surface area (Å²) in [5.41, 5.74) is 1.12. The van der Waals surface area contributed by atoms with Gasteiger partial charge in [0.1, 0.15) is 5.60 Å². The van der Waals surface area contributed by atoms with E-state index in [4.69, 9.17) is 0 Å². The first-order valence-electron chi connectivity index (χ1n) is 8.70. The van der Waals surface area contributed by atoms with Gasteiger partial charge >= 0.3 is 0 Å². The first-order chi connectivity index (χ1) is 11.2. The minimum Gasteiger partial charge on any atom is -0.380 e. The molecule has 1 saturated heterocycles. The largest absolute Gasteiger partial charge is 0.380 e. The van der Waals surface area contributed by atoms with Gasteiger partial charge in [-0.2, -0.15) is 0 Å². The van der Waals surface area contributed by atoms with Crippen LogP contribution in [0.5, 0.6) is 0 Å². The van der Waals surface area contributed by atoms with Crippen LogP contribution in [-0.2, 0) is 5.60 Å². The zero-order chi connectivity index (χ0) is 16.1. The number of aliphatic hydroxyl groups is 1. The number of likely N-dealkylation sites (tertiary alicyclic amines) is 1. The number of hydrogen-bond donors (Lipinski definition) is 1. The first kappa shape index (κ1) is 19.0. The molecule has 1 N–H and O–H groups in total. The van der Waals surface area contributed by atoms with Crippen molar-refractivity contribution in [2.75, 3.05) is 20.1 Å². The number of hydrogen-bond acceptors (Lipinski definition) is 2. The van der Waals surface area contributed by atoms with E-state index in [-0.39, 0.29) is 12.4 Å². The molecule has 0 aromatic heterocycles. The predicted octanol–water partition coefficient (Wildman–Crippen LogP) is 4.47. The second kappa shape index (κ2) is 8.66. The number of benzene rings is 2. The third kappa shape index (κ3) is 4.38. The topological polar surface area (TPSA) is 23.5 Å². The van der Waals surface area contributed by atoms with Gasteiger partial charge in [-0.3, -0.25) is 0 Å². The molecule has 3 rings (SSSR count). The molecule has 0 atom stereocenters. The van der Waals surface area contributed by atoms with E-state index in [0.29, 0.717) is 0 Å². The molecule has 0 spiro atoms. The molecule has 0 bridgehead atoms. The van der Waals surface area contributed by atoms with Gasteiger partial charge in [0.25, 0.3) is 0 Å². The molecule has 0 saturated carbocycles. The van der Waals surface area contributed by atoms with Crippen molar-refractivity contribution in [1.82, 2.24) is 4.90 Å². The van der Waals surface area contributed by atoms with E-state index in [1.165, 1.54) is 25.9 Å². The number of rotatable bonds is 5. The normalized spacial score (nSPS) is 16.6. The summed E-state index contributed by atoms with van der Waals surface area (Å²) >= 11 is 0. The highest BCUT2D eigenvalue weighted by Gasteiger charge is 2.32. The molecule has 0 unspecified atom stereocenters. The lowest BCUT2D eigenvalue weighted by molar-refractivity contribution is 0.0586. The van der Waals surface area contributed by atoms with Crippen LogP contribution in [0.25, 0.3) is 0 Å². The van der Waals surface area contributed by atoms with Crippen LogP contribution in [0.3, 0.4) is 0 Å². The fourth-order valence-electron chi connectivity index (χ4n) is 3.65. The summed E-state index contributed by atoms with van der Waals surface area (Å²) in [6.07, 6.45) is 4.36. The van der Waals surface area contributed by atoms with E-state index in [9.17, 15) is 5.11 Å². The number of nitrogens with zero attached hydrogens (tertiary/aromatic N) is 1. The Morgan fingerprint density at radius 3 is 1.83 bits per heavy atom. The minimum atomic E-state index is -0.883. The quantitative estimate of drug-likeness (QED) is 0.864. The highest BCUT2D eigenvalue weighted by Crippen LogP contribution is 2.36. The lowest BCUT2D eigenvalue weighted by Gasteiger charge is -2.34. The van der Waals surface area contributed by atoms with Crippen LogP contribution < -0.4 is 0 Å². The lowest BCUT2D eigenvalue weighted by Crippen LogP contribution is -2.32. The summed E-state index contributed by atoms with van der Waals surface area (Å²) in [5, 5.41) is 11.5. The number of halogens is 1. The highest BCUT2D eigenvalue weighted by molar-refractivity contribution is 5.85. The van der Waals surface area contributed by atoms with Crippen molar-refractivity contribution in [2.24, 2.45) is 5.92 Å². The molecule has 1 aliphatic heterocycles. The van der Waals surface area contributed by atoms with Crippen molar-refractivity contribution in [3.05, 3.63) is 71.8 Å². The Balaban J connectivity index is 0.00000208. The van der Waals surface area contributed by atoms with Crippen LogP contribution in [-0.4, -0.2) is 30.1 Å². The SMILES string of the molecule is CN1CCC(CCC(O)(c2ccccc2)c2ccccc2)CC1.Cl. The van der Waals surface area contributed by atoms with Gasteiger partial charge in [-0.25, -0.2) is 0 Å². The molecule has 130 valence electrons. The molecule has 3 heteroatoms. The third-order valence-electron chi connectivity index (χ3n) is 5.26.